The van der Waals surface area contributed by atoms with Crippen molar-refractivity contribution in [1.29, 1.82) is 0 Å². The first kappa shape index (κ1) is 30.1. The van der Waals surface area contributed by atoms with Crippen LogP contribution in [0.5, 0.6) is 0 Å². The van der Waals surface area contributed by atoms with E-state index in [0.29, 0.717) is 5.82 Å². The van der Waals surface area contributed by atoms with Gasteiger partial charge in [0.15, 0.2) is 5.82 Å². The number of nitrogens with zero attached hydrogens (tertiary/aromatic N) is 5. The standard InChI is InChI=1S/C47H33N5/c1-47(2)38-20-7-8-23-44(38)52(45-28-37-35-19-6-4-17-33(35)32-16-3-5-18-34(32)36(37)27-39(45)47)31-15-13-14-30(26-31)46-50-42(40-21-9-11-24-48-40)29-43(51-46)41-22-10-12-25-49-41/h3-29H,1-2H3. The Hall–Kier alpha value is -6.72. The SMILES string of the molecule is CC1(C)c2ccccc2N(c2cccc(-c3nc(-c4ccccn4)cc(-c4ccccn4)n3)c2)c2cc3c4ccccc4c4ccccc4c3cc21. The van der Waals surface area contributed by atoms with Crippen molar-refractivity contribution in [2.24, 2.45) is 0 Å². The molecule has 0 atom stereocenters. The second-order valence-corrected chi connectivity index (χ2v) is 13.9. The molecule has 5 heteroatoms. The molecule has 0 saturated carbocycles. The molecule has 0 fully saturated rings. The van der Waals surface area contributed by atoms with Gasteiger partial charge in [-0.15, -0.1) is 0 Å². The highest BCUT2D eigenvalue weighted by molar-refractivity contribution is 6.26. The molecule has 4 heterocycles. The normalized spacial score (nSPS) is 13.3. The topological polar surface area (TPSA) is 54.8 Å². The highest BCUT2D eigenvalue weighted by atomic mass is 15.2. The molecule has 246 valence electrons. The van der Waals surface area contributed by atoms with Crippen LogP contribution in [0.1, 0.15) is 25.0 Å². The fourth-order valence-electron chi connectivity index (χ4n) is 8.03. The lowest BCUT2D eigenvalue weighted by Gasteiger charge is -2.42. The minimum atomic E-state index is -0.237. The van der Waals surface area contributed by atoms with Crippen molar-refractivity contribution < 1.29 is 0 Å². The fraction of sp³-hybridized carbons (Fsp3) is 0.0638. The molecule has 0 bridgehead atoms. The molecule has 52 heavy (non-hydrogen) atoms. The molecule has 3 aromatic heterocycles. The number of rotatable bonds is 4. The first-order valence-electron chi connectivity index (χ1n) is 17.6. The van der Waals surface area contributed by atoms with Gasteiger partial charge in [-0.25, -0.2) is 9.97 Å². The maximum Gasteiger partial charge on any atom is 0.160 e. The molecular weight excluding hydrogens is 635 g/mol. The maximum absolute atomic E-state index is 5.08. The molecule has 0 aliphatic carbocycles. The smallest absolute Gasteiger partial charge is 0.160 e. The van der Waals surface area contributed by atoms with E-state index in [4.69, 9.17) is 9.97 Å². The minimum Gasteiger partial charge on any atom is -0.310 e. The van der Waals surface area contributed by atoms with E-state index in [1.807, 2.05) is 42.5 Å². The van der Waals surface area contributed by atoms with Gasteiger partial charge in [0.2, 0.25) is 0 Å². The van der Waals surface area contributed by atoms with Gasteiger partial charge < -0.3 is 4.90 Å². The van der Waals surface area contributed by atoms with Gasteiger partial charge in [-0.3, -0.25) is 9.97 Å². The molecule has 0 N–H and O–H groups in total. The van der Waals surface area contributed by atoms with Crippen LogP contribution in [0, 0.1) is 0 Å². The van der Waals surface area contributed by atoms with Crippen molar-refractivity contribution in [3.8, 4) is 34.2 Å². The van der Waals surface area contributed by atoms with Crippen molar-refractivity contribution >= 4 is 49.4 Å². The third-order valence-electron chi connectivity index (χ3n) is 10.5. The number of fused-ring (bicyclic) bond motifs is 8. The largest absolute Gasteiger partial charge is 0.310 e. The summed E-state index contributed by atoms with van der Waals surface area (Å²) >= 11 is 0. The molecule has 0 amide bonds. The predicted molar refractivity (Wildman–Crippen MR) is 213 cm³/mol. The molecule has 0 radical (unpaired) electrons. The molecule has 1 aliphatic rings. The van der Waals surface area contributed by atoms with Crippen molar-refractivity contribution in [3.05, 3.63) is 175 Å². The Kier molecular flexibility index (Phi) is 6.77. The van der Waals surface area contributed by atoms with E-state index < -0.39 is 0 Å². The van der Waals surface area contributed by atoms with Crippen LogP contribution in [0.25, 0.3) is 66.5 Å². The minimum absolute atomic E-state index is 0.237. The Balaban J connectivity index is 1.22. The lowest BCUT2D eigenvalue weighted by atomic mass is 9.72. The van der Waals surface area contributed by atoms with E-state index in [-0.39, 0.29) is 5.41 Å². The number of aromatic nitrogens is 4. The molecule has 5 nitrogen and oxygen atoms in total. The van der Waals surface area contributed by atoms with Gasteiger partial charge in [0.1, 0.15) is 0 Å². The second-order valence-electron chi connectivity index (χ2n) is 13.9. The lowest BCUT2D eigenvalue weighted by Crippen LogP contribution is -2.30. The van der Waals surface area contributed by atoms with Crippen LogP contribution in [0.15, 0.2) is 164 Å². The van der Waals surface area contributed by atoms with E-state index in [9.17, 15) is 0 Å². The third kappa shape index (κ3) is 4.70. The molecule has 10 rings (SSSR count). The first-order valence-corrected chi connectivity index (χ1v) is 17.6. The van der Waals surface area contributed by atoms with Crippen molar-refractivity contribution in [2.75, 3.05) is 4.90 Å². The molecule has 0 saturated heterocycles. The Morgan fingerprint density at radius 2 is 0.981 bits per heavy atom. The summed E-state index contributed by atoms with van der Waals surface area (Å²) in [6, 6.07) is 53.6. The van der Waals surface area contributed by atoms with Crippen LogP contribution in [-0.2, 0) is 5.41 Å². The highest BCUT2D eigenvalue weighted by Crippen LogP contribution is 2.54. The summed E-state index contributed by atoms with van der Waals surface area (Å²) in [6.07, 6.45) is 3.58. The summed E-state index contributed by atoms with van der Waals surface area (Å²) in [5.41, 5.74) is 9.68. The first-order chi connectivity index (χ1) is 25.5. The summed E-state index contributed by atoms with van der Waals surface area (Å²) in [7, 11) is 0. The van der Waals surface area contributed by atoms with Crippen LogP contribution in [0.2, 0.25) is 0 Å². The average Bonchev–Trinajstić information content (AvgIpc) is 3.21. The van der Waals surface area contributed by atoms with Gasteiger partial charge >= 0.3 is 0 Å². The number of pyridine rings is 2. The number of benzene rings is 6. The Bertz CT molecular complexity index is 2770. The molecule has 0 spiro atoms. The lowest BCUT2D eigenvalue weighted by molar-refractivity contribution is 0.633. The van der Waals surface area contributed by atoms with Crippen LogP contribution in [-0.4, -0.2) is 19.9 Å². The van der Waals surface area contributed by atoms with Gasteiger partial charge in [0.25, 0.3) is 0 Å². The van der Waals surface area contributed by atoms with Gasteiger partial charge in [0, 0.05) is 29.1 Å². The fourth-order valence-corrected chi connectivity index (χ4v) is 8.03. The van der Waals surface area contributed by atoms with Crippen molar-refractivity contribution in [2.45, 2.75) is 19.3 Å². The van der Waals surface area contributed by atoms with Gasteiger partial charge in [-0.2, -0.15) is 0 Å². The second kappa shape index (κ2) is 11.7. The van der Waals surface area contributed by atoms with E-state index in [1.54, 1.807) is 12.4 Å². The van der Waals surface area contributed by atoms with Crippen molar-refractivity contribution in [3.63, 3.8) is 0 Å². The van der Waals surface area contributed by atoms with Crippen LogP contribution < -0.4 is 4.90 Å². The van der Waals surface area contributed by atoms with E-state index >= 15 is 0 Å². The average molecular weight is 668 g/mol. The van der Waals surface area contributed by atoms with E-state index in [0.717, 1.165) is 34.0 Å². The molecule has 6 aromatic carbocycles. The monoisotopic (exact) mass is 667 g/mol. The molecule has 9 aromatic rings. The van der Waals surface area contributed by atoms with Gasteiger partial charge in [0.05, 0.1) is 34.2 Å². The van der Waals surface area contributed by atoms with E-state index in [2.05, 4.69) is 138 Å². The Morgan fingerprint density at radius 1 is 0.423 bits per heavy atom. The quantitative estimate of drug-likeness (QED) is 0.175. The molecular formula is C47H33N5. The third-order valence-corrected chi connectivity index (χ3v) is 10.5. The summed E-state index contributed by atoms with van der Waals surface area (Å²) in [5.74, 6) is 0.618. The zero-order chi connectivity index (χ0) is 34.8. The summed E-state index contributed by atoms with van der Waals surface area (Å²) < 4.78 is 0. The van der Waals surface area contributed by atoms with Gasteiger partial charge in [-0.05, 0) is 104 Å². The zero-order valence-electron chi connectivity index (χ0n) is 28.8. The summed E-state index contributed by atoms with van der Waals surface area (Å²) in [6.45, 7) is 4.70. The van der Waals surface area contributed by atoms with Crippen LogP contribution >= 0.6 is 0 Å². The number of hydrogen-bond acceptors (Lipinski definition) is 5. The van der Waals surface area contributed by atoms with Crippen LogP contribution in [0.3, 0.4) is 0 Å². The summed E-state index contributed by atoms with van der Waals surface area (Å²) in [5, 5.41) is 7.60. The highest BCUT2D eigenvalue weighted by Gasteiger charge is 2.37. The molecule has 0 unspecified atom stereocenters. The Morgan fingerprint density at radius 3 is 1.60 bits per heavy atom. The van der Waals surface area contributed by atoms with Crippen molar-refractivity contribution in [1.82, 2.24) is 19.9 Å². The Labute approximate surface area is 301 Å². The van der Waals surface area contributed by atoms with Gasteiger partial charge in [-0.1, -0.05) is 105 Å². The van der Waals surface area contributed by atoms with Crippen LogP contribution in [0.4, 0.5) is 17.1 Å². The predicted octanol–water partition coefficient (Wildman–Crippen LogP) is 11.8. The zero-order valence-corrected chi connectivity index (χ0v) is 28.8. The number of hydrogen-bond donors (Lipinski definition) is 0. The summed E-state index contributed by atoms with van der Waals surface area (Å²) in [4.78, 5) is 21.8. The number of para-hydroxylation sites is 1. The maximum atomic E-state index is 5.08. The van der Waals surface area contributed by atoms with E-state index in [1.165, 1.54) is 54.8 Å². The number of anilines is 3. The molecule has 1 aliphatic heterocycles.